The molecule has 134 valence electrons. The van der Waals surface area contributed by atoms with E-state index >= 15 is 0 Å². The van der Waals surface area contributed by atoms with Crippen molar-refractivity contribution < 1.29 is 9.59 Å². The standard InChI is InChI=1S/C21H28N2O2/c1-17-9-13-23(14-10-17)21(25)19-11-15-22(16-12-19)20(24)8-7-18-5-3-2-4-6-18/h2-8,17,19H,9-16H2,1H3/b8-7+. The van der Waals surface area contributed by atoms with Crippen molar-refractivity contribution in [1.82, 2.24) is 9.80 Å². The molecule has 1 aromatic carbocycles. The van der Waals surface area contributed by atoms with Crippen LogP contribution in [0.5, 0.6) is 0 Å². The number of hydrogen-bond acceptors (Lipinski definition) is 2. The van der Waals surface area contributed by atoms with Crippen LogP contribution >= 0.6 is 0 Å². The number of likely N-dealkylation sites (tertiary alicyclic amines) is 2. The Bertz CT molecular complexity index is 610. The number of benzene rings is 1. The average molecular weight is 340 g/mol. The summed E-state index contributed by atoms with van der Waals surface area (Å²) in [4.78, 5) is 28.9. The Morgan fingerprint density at radius 2 is 1.52 bits per heavy atom. The van der Waals surface area contributed by atoms with Gasteiger partial charge in [-0.3, -0.25) is 9.59 Å². The number of hydrogen-bond donors (Lipinski definition) is 0. The van der Waals surface area contributed by atoms with E-state index in [1.54, 1.807) is 6.08 Å². The molecule has 0 aromatic heterocycles. The summed E-state index contributed by atoms with van der Waals surface area (Å²) in [7, 11) is 0. The maximum absolute atomic E-state index is 12.7. The first-order valence-corrected chi connectivity index (χ1v) is 9.44. The van der Waals surface area contributed by atoms with Gasteiger partial charge in [0.15, 0.2) is 0 Å². The summed E-state index contributed by atoms with van der Waals surface area (Å²) in [5, 5.41) is 0. The Labute approximate surface area is 150 Å². The van der Waals surface area contributed by atoms with Gasteiger partial charge in [0, 0.05) is 38.2 Å². The maximum Gasteiger partial charge on any atom is 0.246 e. The molecular weight excluding hydrogens is 312 g/mol. The Hall–Kier alpha value is -2.10. The summed E-state index contributed by atoms with van der Waals surface area (Å²) in [6.07, 6.45) is 7.31. The highest BCUT2D eigenvalue weighted by Gasteiger charge is 2.30. The van der Waals surface area contributed by atoms with Crippen LogP contribution in [0.3, 0.4) is 0 Å². The molecule has 2 aliphatic heterocycles. The molecule has 2 amide bonds. The van der Waals surface area contributed by atoms with Gasteiger partial charge in [-0.2, -0.15) is 0 Å². The van der Waals surface area contributed by atoms with E-state index < -0.39 is 0 Å². The van der Waals surface area contributed by atoms with Crippen molar-refractivity contribution in [2.45, 2.75) is 32.6 Å². The molecule has 2 heterocycles. The van der Waals surface area contributed by atoms with Crippen molar-refractivity contribution in [3.8, 4) is 0 Å². The molecule has 2 aliphatic rings. The largest absolute Gasteiger partial charge is 0.342 e. The van der Waals surface area contributed by atoms with Gasteiger partial charge in [-0.15, -0.1) is 0 Å². The van der Waals surface area contributed by atoms with Gasteiger partial charge < -0.3 is 9.80 Å². The highest BCUT2D eigenvalue weighted by molar-refractivity contribution is 5.92. The maximum atomic E-state index is 12.7. The predicted octanol–water partition coefficient (Wildman–Crippen LogP) is 3.20. The number of amides is 2. The number of carbonyl (C=O) groups is 2. The second kappa shape index (κ2) is 8.32. The van der Waals surface area contributed by atoms with E-state index in [0.717, 1.165) is 50.3 Å². The molecule has 1 aromatic rings. The molecule has 0 bridgehead atoms. The third-order valence-electron chi connectivity index (χ3n) is 5.47. The number of rotatable bonds is 3. The van der Waals surface area contributed by atoms with Crippen LogP contribution in [0.25, 0.3) is 6.08 Å². The average Bonchev–Trinajstić information content (AvgIpc) is 2.67. The predicted molar refractivity (Wildman–Crippen MR) is 99.8 cm³/mol. The molecule has 0 atom stereocenters. The van der Waals surface area contributed by atoms with Gasteiger partial charge in [0.1, 0.15) is 0 Å². The number of carbonyl (C=O) groups excluding carboxylic acids is 2. The zero-order valence-corrected chi connectivity index (χ0v) is 15.1. The molecule has 0 aliphatic carbocycles. The Morgan fingerprint density at radius 3 is 2.16 bits per heavy atom. The third kappa shape index (κ3) is 4.71. The van der Waals surface area contributed by atoms with Gasteiger partial charge >= 0.3 is 0 Å². The summed E-state index contributed by atoms with van der Waals surface area (Å²) in [5.41, 5.74) is 1.03. The third-order valence-corrected chi connectivity index (χ3v) is 5.47. The van der Waals surface area contributed by atoms with Gasteiger partial charge in [-0.25, -0.2) is 0 Å². The van der Waals surface area contributed by atoms with Crippen LogP contribution in [0.1, 0.15) is 38.2 Å². The molecule has 25 heavy (non-hydrogen) atoms. The molecule has 0 N–H and O–H groups in total. The molecule has 4 nitrogen and oxygen atoms in total. The molecule has 0 saturated carbocycles. The van der Waals surface area contributed by atoms with Crippen LogP contribution in [0.2, 0.25) is 0 Å². The number of piperidine rings is 2. The molecule has 2 saturated heterocycles. The van der Waals surface area contributed by atoms with E-state index in [1.165, 1.54) is 0 Å². The minimum atomic E-state index is 0.0431. The lowest BCUT2D eigenvalue weighted by Gasteiger charge is -2.36. The van der Waals surface area contributed by atoms with Crippen LogP contribution in [-0.4, -0.2) is 47.8 Å². The summed E-state index contributed by atoms with van der Waals surface area (Å²) < 4.78 is 0. The molecule has 0 spiro atoms. The molecule has 0 unspecified atom stereocenters. The van der Waals surface area contributed by atoms with Gasteiger partial charge in [0.2, 0.25) is 11.8 Å². The van der Waals surface area contributed by atoms with Gasteiger partial charge in [0.05, 0.1) is 0 Å². The van der Waals surface area contributed by atoms with Gasteiger partial charge in [0.25, 0.3) is 0 Å². The molecule has 4 heteroatoms. The zero-order valence-electron chi connectivity index (χ0n) is 15.1. The summed E-state index contributed by atoms with van der Waals surface area (Å²) in [5.74, 6) is 1.18. The van der Waals surface area contributed by atoms with Crippen LogP contribution in [0.15, 0.2) is 36.4 Å². The van der Waals surface area contributed by atoms with Crippen LogP contribution in [0, 0.1) is 11.8 Å². The highest BCUT2D eigenvalue weighted by atomic mass is 16.2. The summed E-state index contributed by atoms with van der Waals surface area (Å²) in [6.45, 7) is 5.42. The SMILES string of the molecule is CC1CCN(C(=O)C2CCN(C(=O)/C=C/c3ccccc3)CC2)CC1. The van der Waals surface area contributed by atoms with Crippen molar-refractivity contribution in [2.75, 3.05) is 26.2 Å². The monoisotopic (exact) mass is 340 g/mol. The summed E-state index contributed by atoms with van der Waals surface area (Å²) >= 11 is 0. The van der Waals surface area contributed by atoms with Crippen LogP contribution in [0.4, 0.5) is 0 Å². The van der Waals surface area contributed by atoms with Crippen molar-refractivity contribution in [2.24, 2.45) is 11.8 Å². The smallest absolute Gasteiger partial charge is 0.246 e. The van der Waals surface area contributed by atoms with E-state index in [9.17, 15) is 9.59 Å². The fraction of sp³-hybridized carbons (Fsp3) is 0.524. The highest BCUT2D eigenvalue weighted by Crippen LogP contribution is 2.23. The van der Waals surface area contributed by atoms with Gasteiger partial charge in [-0.05, 0) is 43.2 Å². The Kier molecular flexibility index (Phi) is 5.90. The molecule has 0 radical (unpaired) electrons. The zero-order chi connectivity index (χ0) is 17.6. The Morgan fingerprint density at radius 1 is 0.920 bits per heavy atom. The van der Waals surface area contributed by atoms with E-state index in [0.29, 0.717) is 19.0 Å². The van der Waals surface area contributed by atoms with Crippen molar-refractivity contribution >= 4 is 17.9 Å². The second-order valence-corrected chi connectivity index (χ2v) is 7.35. The first-order valence-electron chi connectivity index (χ1n) is 9.44. The molecule has 3 rings (SSSR count). The van der Waals surface area contributed by atoms with E-state index in [1.807, 2.05) is 46.2 Å². The first kappa shape index (κ1) is 17.7. The van der Waals surface area contributed by atoms with Crippen LogP contribution < -0.4 is 0 Å². The second-order valence-electron chi connectivity index (χ2n) is 7.35. The molecular formula is C21H28N2O2. The fourth-order valence-corrected chi connectivity index (χ4v) is 3.67. The fourth-order valence-electron chi connectivity index (χ4n) is 3.67. The van der Waals surface area contributed by atoms with Crippen LogP contribution in [-0.2, 0) is 9.59 Å². The lowest BCUT2D eigenvalue weighted by Crippen LogP contribution is -2.46. The topological polar surface area (TPSA) is 40.6 Å². The lowest BCUT2D eigenvalue weighted by atomic mass is 9.92. The minimum Gasteiger partial charge on any atom is -0.342 e. The minimum absolute atomic E-state index is 0.0431. The van der Waals surface area contributed by atoms with Crippen molar-refractivity contribution in [1.29, 1.82) is 0 Å². The first-order chi connectivity index (χ1) is 12.1. The normalized spacial score (nSPS) is 20.2. The van der Waals surface area contributed by atoms with E-state index in [4.69, 9.17) is 0 Å². The van der Waals surface area contributed by atoms with Crippen molar-refractivity contribution in [3.63, 3.8) is 0 Å². The molecule has 2 fully saturated rings. The number of nitrogens with zero attached hydrogens (tertiary/aromatic N) is 2. The van der Waals surface area contributed by atoms with Crippen molar-refractivity contribution in [3.05, 3.63) is 42.0 Å². The van der Waals surface area contributed by atoms with E-state index in [-0.39, 0.29) is 11.8 Å². The van der Waals surface area contributed by atoms with E-state index in [2.05, 4.69) is 6.92 Å². The lowest BCUT2D eigenvalue weighted by molar-refractivity contribution is -0.140. The van der Waals surface area contributed by atoms with Gasteiger partial charge in [-0.1, -0.05) is 37.3 Å². The Balaban J connectivity index is 1.47. The summed E-state index contributed by atoms with van der Waals surface area (Å²) in [6, 6.07) is 9.84. The quantitative estimate of drug-likeness (QED) is 0.793.